The van der Waals surface area contributed by atoms with E-state index in [0.29, 0.717) is 6.10 Å². The predicted molar refractivity (Wildman–Crippen MR) is 149 cm³/mol. The smallest absolute Gasteiger partial charge is 0.289 e. The van der Waals surface area contributed by atoms with E-state index in [9.17, 15) is 14.0 Å². The molecule has 1 aliphatic carbocycles. The van der Waals surface area contributed by atoms with Gasteiger partial charge < -0.3 is 15.4 Å². The van der Waals surface area contributed by atoms with E-state index in [-0.39, 0.29) is 11.4 Å². The minimum Gasteiger partial charge on any atom is -0.489 e. The zero-order valence-electron chi connectivity index (χ0n) is 21.5. The zero-order valence-corrected chi connectivity index (χ0v) is 22.3. The van der Waals surface area contributed by atoms with Crippen LogP contribution >= 0.6 is 11.6 Å². The number of primary amides is 1. The topological polar surface area (TPSA) is 72.6 Å². The second-order valence-corrected chi connectivity index (χ2v) is 10.3. The standard InChI is InChI=1S/C17H24ClNO.C14H10FNO2/c18-16-13-14(5-4-12-19-10-1-2-11-19)8-9-17(16)20-15-6-3-7-15;15-12-7-5-10(6-8-12)9-1-3-11(4-2-9)13(17)14(16)18/h8-9,13,15H,1-7,10-12H2;1-8H,(H2,16,18). The molecule has 2 N–H and O–H groups in total. The number of carbonyl (C=O) groups excluding carboxylic acids is 2. The van der Waals surface area contributed by atoms with Gasteiger partial charge in [-0.2, -0.15) is 0 Å². The van der Waals surface area contributed by atoms with Gasteiger partial charge in [-0.1, -0.05) is 54.1 Å². The van der Waals surface area contributed by atoms with Gasteiger partial charge >= 0.3 is 0 Å². The number of benzene rings is 3. The second kappa shape index (κ2) is 13.5. The first-order valence-corrected chi connectivity index (χ1v) is 13.6. The number of likely N-dealkylation sites (tertiary alicyclic amines) is 1. The SMILES string of the molecule is Clc1cc(CCCN2CCCC2)ccc1OC1CCC1.NC(=O)C(=O)c1ccc(-c2ccc(F)cc2)cc1. The molecule has 2 fully saturated rings. The Balaban J connectivity index is 0.000000178. The number of hydrogen-bond donors (Lipinski definition) is 1. The van der Waals surface area contributed by atoms with E-state index >= 15 is 0 Å². The fourth-order valence-corrected chi connectivity index (χ4v) is 4.82. The van der Waals surface area contributed by atoms with Gasteiger partial charge in [0.2, 0.25) is 5.78 Å². The van der Waals surface area contributed by atoms with Crippen LogP contribution in [0.25, 0.3) is 11.1 Å². The number of amides is 1. The van der Waals surface area contributed by atoms with Crippen molar-refractivity contribution < 1.29 is 18.7 Å². The quantitative estimate of drug-likeness (QED) is 0.251. The normalized spacial score (nSPS) is 15.3. The number of carbonyl (C=O) groups is 2. The molecule has 7 heteroatoms. The van der Waals surface area contributed by atoms with Crippen LogP contribution in [0.2, 0.25) is 5.02 Å². The molecule has 200 valence electrons. The number of hydrogen-bond acceptors (Lipinski definition) is 4. The van der Waals surface area contributed by atoms with Crippen molar-refractivity contribution in [1.29, 1.82) is 0 Å². The van der Waals surface area contributed by atoms with Gasteiger partial charge in [0.05, 0.1) is 11.1 Å². The molecule has 1 heterocycles. The first-order chi connectivity index (χ1) is 18.4. The highest BCUT2D eigenvalue weighted by atomic mass is 35.5. The van der Waals surface area contributed by atoms with E-state index in [1.54, 1.807) is 24.3 Å². The molecule has 1 aliphatic heterocycles. The van der Waals surface area contributed by atoms with Gasteiger partial charge in [0.15, 0.2) is 0 Å². The van der Waals surface area contributed by atoms with Crippen LogP contribution in [0.1, 0.15) is 54.4 Å². The van der Waals surface area contributed by atoms with E-state index in [0.717, 1.165) is 28.3 Å². The van der Waals surface area contributed by atoms with Gasteiger partial charge in [0.1, 0.15) is 11.6 Å². The molecule has 1 saturated heterocycles. The molecule has 0 unspecified atom stereocenters. The van der Waals surface area contributed by atoms with E-state index in [1.165, 1.54) is 88.0 Å². The van der Waals surface area contributed by atoms with Crippen LogP contribution in [0.5, 0.6) is 5.75 Å². The molecule has 5 nitrogen and oxygen atoms in total. The first-order valence-electron chi connectivity index (χ1n) is 13.3. The highest BCUT2D eigenvalue weighted by Gasteiger charge is 2.20. The summed E-state index contributed by atoms with van der Waals surface area (Å²) in [6, 6.07) is 18.7. The summed E-state index contributed by atoms with van der Waals surface area (Å²) < 4.78 is 18.6. The maximum atomic E-state index is 12.8. The van der Waals surface area contributed by atoms with E-state index < -0.39 is 11.7 Å². The first kappa shape index (κ1) is 27.8. The number of nitrogens with zero attached hydrogens (tertiary/aromatic N) is 1. The third-order valence-electron chi connectivity index (χ3n) is 7.03. The van der Waals surface area contributed by atoms with Crippen molar-refractivity contribution in [2.75, 3.05) is 19.6 Å². The van der Waals surface area contributed by atoms with Gasteiger partial charge in [-0.25, -0.2) is 4.39 Å². The molecule has 38 heavy (non-hydrogen) atoms. The number of ether oxygens (including phenoxy) is 1. The number of halogens is 2. The monoisotopic (exact) mass is 536 g/mol. The molecule has 0 radical (unpaired) electrons. The largest absolute Gasteiger partial charge is 0.489 e. The summed E-state index contributed by atoms with van der Waals surface area (Å²) in [4.78, 5) is 24.6. The van der Waals surface area contributed by atoms with Crippen LogP contribution in [-0.4, -0.2) is 42.3 Å². The Morgan fingerprint density at radius 2 is 1.55 bits per heavy atom. The Bertz CT molecular complexity index is 1220. The molecule has 0 spiro atoms. The summed E-state index contributed by atoms with van der Waals surface area (Å²) in [6.45, 7) is 3.79. The summed E-state index contributed by atoms with van der Waals surface area (Å²) in [5.41, 5.74) is 8.13. The molecule has 2 aliphatic rings. The van der Waals surface area contributed by atoms with Crippen molar-refractivity contribution >= 4 is 23.3 Å². The minimum absolute atomic E-state index is 0.244. The summed E-state index contributed by atoms with van der Waals surface area (Å²) in [6.07, 6.45) is 9.11. The number of aryl methyl sites for hydroxylation is 1. The lowest BCUT2D eigenvalue weighted by Crippen LogP contribution is -2.24. The predicted octanol–water partition coefficient (Wildman–Crippen LogP) is 6.46. The molecular formula is C31H34ClFN2O3. The molecule has 5 rings (SSSR count). The second-order valence-electron chi connectivity index (χ2n) is 9.87. The van der Waals surface area contributed by atoms with Gasteiger partial charge in [-0.15, -0.1) is 0 Å². The molecule has 0 aromatic heterocycles. The zero-order chi connectivity index (χ0) is 26.9. The highest BCUT2D eigenvalue weighted by molar-refractivity contribution is 6.42. The molecule has 3 aromatic rings. The van der Waals surface area contributed by atoms with Crippen molar-refractivity contribution in [3.8, 4) is 16.9 Å². The van der Waals surface area contributed by atoms with Gasteiger partial charge in [0, 0.05) is 5.56 Å². The average molecular weight is 537 g/mol. The molecule has 0 bridgehead atoms. The Labute approximate surface area is 228 Å². The van der Waals surface area contributed by atoms with Crippen molar-refractivity contribution in [2.45, 2.75) is 51.0 Å². The Morgan fingerprint density at radius 1 is 0.921 bits per heavy atom. The van der Waals surface area contributed by atoms with Crippen molar-refractivity contribution in [1.82, 2.24) is 4.90 Å². The Morgan fingerprint density at radius 3 is 2.11 bits per heavy atom. The van der Waals surface area contributed by atoms with E-state index in [4.69, 9.17) is 22.1 Å². The molecular weight excluding hydrogens is 503 g/mol. The van der Waals surface area contributed by atoms with Crippen LogP contribution in [0.3, 0.4) is 0 Å². The summed E-state index contributed by atoms with van der Waals surface area (Å²) >= 11 is 6.33. The fourth-order valence-electron chi connectivity index (χ4n) is 4.58. The number of ketones is 1. The average Bonchev–Trinajstić information content (AvgIpc) is 3.41. The van der Waals surface area contributed by atoms with Crippen molar-refractivity contribution in [2.24, 2.45) is 5.73 Å². The summed E-state index contributed by atoms with van der Waals surface area (Å²) in [7, 11) is 0. The maximum Gasteiger partial charge on any atom is 0.289 e. The third-order valence-corrected chi connectivity index (χ3v) is 7.32. The van der Waals surface area contributed by atoms with Crippen LogP contribution < -0.4 is 10.5 Å². The van der Waals surface area contributed by atoms with E-state index in [2.05, 4.69) is 17.0 Å². The van der Waals surface area contributed by atoms with Crippen LogP contribution in [0, 0.1) is 5.82 Å². The molecule has 3 aromatic carbocycles. The summed E-state index contributed by atoms with van der Waals surface area (Å²) in [5, 5.41) is 0.774. The Hall–Kier alpha value is -3.22. The van der Waals surface area contributed by atoms with Gasteiger partial charge in [-0.05, 0) is 106 Å². The number of Topliss-reactive ketones (excluding diaryl/α,β-unsaturated/α-hetero) is 1. The Kier molecular flexibility index (Phi) is 9.91. The van der Waals surface area contributed by atoms with Gasteiger partial charge in [-0.3, -0.25) is 9.59 Å². The molecule has 1 saturated carbocycles. The highest BCUT2D eigenvalue weighted by Crippen LogP contribution is 2.31. The minimum atomic E-state index is -0.982. The van der Waals surface area contributed by atoms with E-state index in [1.807, 2.05) is 6.07 Å². The van der Waals surface area contributed by atoms with Crippen LogP contribution in [0.15, 0.2) is 66.7 Å². The lowest BCUT2D eigenvalue weighted by Gasteiger charge is -2.26. The lowest BCUT2D eigenvalue weighted by atomic mass is 9.96. The van der Waals surface area contributed by atoms with Crippen LogP contribution in [0.4, 0.5) is 4.39 Å². The summed E-state index contributed by atoms with van der Waals surface area (Å²) in [5.74, 6) is -1.15. The maximum absolute atomic E-state index is 12.8. The fraction of sp³-hybridized carbons (Fsp3) is 0.355. The third kappa shape index (κ3) is 7.89. The van der Waals surface area contributed by atoms with Crippen LogP contribution in [-0.2, 0) is 11.2 Å². The van der Waals surface area contributed by atoms with Crippen molar-refractivity contribution in [3.63, 3.8) is 0 Å². The van der Waals surface area contributed by atoms with Crippen molar-refractivity contribution in [3.05, 3.63) is 88.7 Å². The number of nitrogens with two attached hydrogens (primary N) is 1. The molecule has 0 atom stereocenters. The lowest BCUT2D eigenvalue weighted by molar-refractivity contribution is -0.114. The van der Waals surface area contributed by atoms with Gasteiger partial charge in [0.25, 0.3) is 5.91 Å². The number of rotatable bonds is 9. The molecule has 1 amide bonds.